The second-order valence-electron chi connectivity index (χ2n) is 4.80. The number of primary sulfonamides is 1. The molecular weight excluding hydrogens is 323 g/mol. The summed E-state index contributed by atoms with van der Waals surface area (Å²) in [5, 5.41) is 7.55. The largest absolute Gasteiger partial charge is 0.496 e. The van der Waals surface area contributed by atoms with Crippen molar-refractivity contribution < 1.29 is 22.3 Å². The van der Waals surface area contributed by atoms with Crippen LogP contribution < -0.4 is 15.2 Å². The zero-order valence-corrected chi connectivity index (χ0v) is 13.1. The number of nitrogens with two attached hydrogens (primary N) is 1. The van der Waals surface area contributed by atoms with Gasteiger partial charge in [0.2, 0.25) is 10.0 Å². The molecule has 0 atom stereocenters. The molecule has 122 valence electrons. The van der Waals surface area contributed by atoms with Gasteiger partial charge >= 0.3 is 0 Å². The molecule has 0 heterocycles. The summed E-state index contributed by atoms with van der Waals surface area (Å²) in [6.07, 6.45) is 0. The predicted molar refractivity (Wildman–Crippen MR) is 84.2 cm³/mol. The van der Waals surface area contributed by atoms with Crippen molar-refractivity contribution in [2.75, 3.05) is 12.4 Å². The van der Waals surface area contributed by atoms with Gasteiger partial charge in [0.05, 0.1) is 18.4 Å². The van der Waals surface area contributed by atoms with E-state index in [2.05, 4.69) is 5.32 Å². The van der Waals surface area contributed by atoms with Gasteiger partial charge in [-0.2, -0.15) is 0 Å². The molecule has 2 rings (SSSR count). The highest BCUT2D eigenvalue weighted by atomic mass is 32.2. The molecule has 2 aromatic carbocycles. The van der Waals surface area contributed by atoms with E-state index in [1.165, 1.54) is 43.5 Å². The maximum Gasteiger partial charge on any atom is 0.259 e. The SMILES string of the molecule is COc1ccc(F)cc1C(=O)Nc1ccc(CS(N)(=O)=O)cc1. The lowest BCUT2D eigenvalue weighted by molar-refractivity contribution is 0.102. The van der Waals surface area contributed by atoms with Crippen LogP contribution in [0.2, 0.25) is 0 Å². The van der Waals surface area contributed by atoms with Crippen molar-refractivity contribution in [3.63, 3.8) is 0 Å². The zero-order valence-electron chi connectivity index (χ0n) is 12.2. The van der Waals surface area contributed by atoms with Crippen LogP contribution in [0.5, 0.6) is 5.75 Å². The van der Waals surface area contributed by atoms with Gasteiger partial charge in [-0.15, -0.1) is 0 Å². The second-order valence-corrected chi connectivity index (χ2v) is 6.42. The molecule has 0 unspecified atom stereocenters. The third kappa shape index (κ3) is 4.76. The summed E-state index contributed by atoms with van der Waals surface area (Å²) in [5.74, 6) is -1.14. The fourth-order valence-electron chi connectivity index (χ4n) is 1.97. The first-order valence-electron chi connectivity index (χ1n) is 6.53. The van der Waals surface area contributed by atoms with E-state index in [1.807, 2.05) is 0 Å². The van der Waals surface area contributed by atoms with E-state index < -0.39 is 21.7 Å². The lowest BCUT2D eigenvalue weighted by atomic mass is 10.1. The molecule has 0 spiro atoms. The lowest BCUT2D eigenvalue weighted by Crippen LogP contribution is -2.15. The van der Waals surface area contributed by atoms with Crippen LogP contribution >= 0.6 is 0 Å². The standard InChI is InChI=1S/C15H15FN2O4S/c1-22-14-7-4-11(16)8-13(14)15(19)18-12-5-2-10(3-6-12)9-23(17,20)21/h2-8H,9H2,1H3,(H,18,19)(H2,17,20,21). The number of hydrogen-bond acceptors (Lipinski definition) is 4. The van der Waals surface area contributed by atoms with Crippen LogP contribution in [-0.2, 0) is 15.8 Å². The highest BCUT2D eigenvalue weighted by molar-refractivity contribution is 7.88. The van der Waals surface area contributed by atoms with Crippen LogP contribution in [0.4, 0.5) is 10.1 Å². The van der Waals surface area contributed by atoms with Crippen LogP contribution in [0, 0.1) is 5.82 Å². The van der Waals surface area contributed by atoms with Crippen LogP contribution in [0.3, 0.4) is 0 Å². The maximum atomic E-state index is 13.3. The third-order valence-electron chi connectivity index (χ3n) is 2.99. The average molecular weight is 338 g/mol. The van der Waals surface area contributed by atoms with Gasteiger partial charge < -0.3 is 10.1 Å². The molecule has 0 saturated carbocycles. The first-order chi connectivity index (χ1) is 10.8. The summed E-state index contributed by atoms with van der Waals surface area (Å²) < 4.78 is 40.3. The molecule has 0 aliphatic carbocycles. The number of halogens is 1. The molecule has 2 aromatic rings. The van der Waals surface area contributed by atoms with Crippen LogP contribution in [0.1, 0.15) is 15.9 Å². The number of methoxy groups -OCH3 is 1. The molecule has 23 heavy (non-hydrogen) atoms. The Morgan fingerprint density at radius 1 is 1.22 bits per heavy atom. The number of anilines is 1. The van der Waals surface area contributed by atoms with Gasteiger partial charge in [-0.25, -0.2) is 17.9 Å². The number of nitrogens with one attached hydrogen (secondary N) is 1. The smallest absolute Gasteiger partial charge is 0.259 e. The van der Waals surface area contributed by atoms with Gasteiger partial charge in [0, 0.05) is 5.69 Å². The molecule has 0 aliphatic rings. The molecule has 3 N–H and O–H groups in total. The number of rotatable bonds is 5. The van der Waals surface area contributed by atoms with E-state index in [4.69, 9.17) is 9.88 Å². The summed E-state index contributed by atoms with van der Waals surface area (Å²) in [7, 11) is -2.23. The molecular formula is C15H15FN2O4S. The van der Waals surface area contributed by atoms with E-state index in [9.17, 15) is 17.6 Å². The minimum atomic E-state index is -3.62. The summed E-state index contributed by atoms with van der Waals surface area (Å²) in [4.78, 5) is 12.2. The Bertz CT molecular complexity index is 820. The first kappa shape index (κ1) is 16.9. The Kier molecular flexibility index (Phi) is 4.97. The highest BCUT2D eigenvalue weighted by Gasteiger charge is 2.14. The number of carbonyl (C=O) groups is 1. The van der Waals surface area contributed by atoms with Crippen LogP contribution in [0.25, 0.3) is 0 Å². The number of amides is 1. The maximum absolute atomic E-state index is 13.3. The van der Waals surface area contributed by atoms with Crippen molar-refractivity contribution in [1.29, 1.82) is 0 Å². The van der Waals surface area contributed by atoms with E-state index >= 15 is 0 Å². The Morgan fingerprint density at radius 2 is 1.87 bits per heavy atom. The monoisotopic (exact) mass is 338 g/mol. The Labute approximate surface area is 133 Å². The Hall–Kier alpha value is -2.45. The molecule has 6 nitrogen and oxygen atoms in total. The van der Waals surface area contributed by atoms with Crippen molar-refractivity contribution in [2.45, 2.75) is 5.75 Å². The molecule has 0 radical (unpaired) electrons. The number of ether oxygens (including phenoxy) is 1. The quantitative estimate of drug-likeness (QED) is 0.869. The van der Waals surface area contributed by atoms with Gasteiger partial charge in [-0.1, -0.05) is 12.1 Å². The molecule has 8 heteroatoms. The Balaban J connectivity index is 2.16. The lowest BCUT2D eigenvalue weighted by Gasteiger charge is -2.10. The molecule has 0 fully saturated rings. The van der Waals surface area contributed by atoms with Crippen LogP contribution in [-0.4, -0.2) is 21.4 Å². The van der Waals surface area contributed by atoms with E-state index in [1.54, 1.807) is 0 Å². The topological polar surface area (TPSA) is 98.5 Å². The summed E-state index contributed by atoms with van der Waals surface area (Å²) >= 11 is 0. The summed E-state index contributed by atoms with van der Waals surface area (Å²) in [6.45, 7) is 0. The van der Waals surface area contributed by atoms with Crippen molar-refractivity contribution >= 4 is 21.6 Å². The number of benzene rings is 2. The predicted octanol–water partition coefficient (Wildman–Crippen LogP) is 1.88. The van der Waals surface area contributed by atoms with Crippen LogP contribution in [0.15, 0.2) is 42.5 Å². The van der Waals surface area contributed by atoms with Crippen molar-refractivity contribution in [2.24, 2.45) is 5.14 Å². The molecule has 0 bridgehead atoms. The molecule has 0 aromatic heterocycles. The van der Waals surface area contributed by atoms with Gasteiger partial charge in [0.1, 0.15) is 11.6 Å². The number of hydrogen-bond donors (Lipinski definition) is 2. The van der Waals surface area contributed by atoms with Crippen molar-refractivity contribution in [1.82, 2.24) is 0 Å². The van der Waals surface area contributed by atoms with Crippen molar-refractivity contribution in [3.8, 4) is 5.75 Å². The van der Waals surface area contributed by atoms with E-state index in [-0.39, 0.29) is 17.1 Å². The van der Waals surface area contributed by atoms with E-state index in [0.717, 1.165) is 6.07 Å². The van der Waals surface area contributed by atoms with Gasteiger partial charge in [0.25, 0.3) is 5.91 Å². The highest BCUT2D eigenvalue weighted by Crippen LogP contribution is 2.21. The third-order valence-corrected chi connectivity index (χ3v) is 3.72. The summed E-state index contributed by atoms with van der Waals surface area (Å²) in [6, 6.07) is 9.75. The summed E-state index contributed by atoms with van der Waals surface area (Å²) in [5.41, 5.74) is 0.981. The fraction of sp³-hybridized carbons (Fsp3) is 0.133. The average Bonchev–Trinajstić information content (AvgIpc) is 2.47. The Morgan fingerprint density at radius 3 is 2.43 bits per heavy atom. The minimum Gasteiger partial charge on any atom is -0.496 e. The van der Waals surface area contributed by atoms with Gasteiger partial charge in [-0.3, -0.25) is 4.79 Å². The number of carbonyl (C=O) groups excluding carboxylic acids is 1. The number of sulfonamides is 1. The normalized spacial score (nSPS) is 11.1. The van der Waals surface area contributed by atoms with Gasteiger partial charge in [-0.05, 0) is 35.9 Å². The molecule has 1 amide bonds. The van der Waals surface area contributed by atoms with E-state index in [0.29, 0.717) is 11.3 Å². The minimum absolute atomic E-state index is 0.0566. The first-order valence-corrected chi connectivity index (χ1v) is 8.24. The molecule has 0 aliphatic heterocycles. The van der Waals surface area contributed by atoms with Crippen molar-refractivity contribution in [3.05, 3.63) is 59.4 Å². The fourth-order valence-corrected chi connectivity index (χ4v) is 2.63. The second kappa shape index (κ2) is 6.76. The zero-order chi connectivity index (χ0) is 17.0. The van der Waals surface area contributed by atoms with Gasteiger partial charge in [0.15, 0.2) is 0 Å². The molecule has 0 saturated heterocycles.